The van der Waals surface area contributed by atoms with E-state index in [1.54, 1.807) is 11.0 Å². The SMILES string of the molecule is CCC(C)C(C(=O)NNC(=O)c1cccc(F)c1)N1C(=O)c2ccccc2C1c1c(-c2ccccc2)n(C)c2ccccc12. The lowest BCUT2D eigenvalue weighted by molar-refractivity contribution is -0.128. The molecule has 8 heteroatoms. The minimum atomic E-state index is -0.930. The van der Waals surface area contributed by atoms with Gasteiger partial charge in [0.2, 0.25) is 0 Å². The van der Waals surface area contributed by atoms with Gasteiger partial charge in [0.05, 0.1) is 11.7 Å². The highest BCUT2D eigenvalue weighted by molar-refractivity contribution is 6.05. The number of carbonyl (C=O) groups excluding carboxylic acids is 3. The molecule has 2 heterocycles. The molecule has 2 N–H and O–H groups in total. The molecule has 1 aromatic heterocycles. The summed E-state index contributed by atoms with van der Waals surface area (Å²) in [5.74, 6) is -2.27. The van der Waals surface area contributed by atoms with Gasteiger partial charge in [-0.3, -0.25) is 25.2 Å². The van der Waals surface area contributed by atoms with Gasteiger partial charge in [-0.15, -0.1) is 0 Å². The molecule has 222 valence electrons. The Kier molecular flexibility index (Phi) is 7.74. The van der Waals surface area contributed by atoms with E-state index in [1.807, 2.05) is 81.6 Å². The monoisotopic (exact) mass is 588 g/mol. The van der Waals surface area contributed by atoms with Crippen LogP contribution < -0.4 is 10.9 Å². The van der Waals surface area contributed by atoms with Crippen LogP contribution in [0.4, 0.5) is 4.39 Å². The fourth-order valence-electron chi connectivity index (χ4n) is 6.34. The molecule has 0 aliphatic carbocycles. The number of halogens is 1. The van der Waals surface area contributed by atoms with Gasteiger partial charge < -0.3 is 9.47 Å². The number of nitrogens with zero attached hydrogens (tertiary/aromatic N) is 2. The van der Waals surface area contributed by atoms with Crippen LogP contribution >= 0.6 is 0 Å². The fourth-order valence-corrected chi connectivity index (χ4v) is 6.34. The van der Waals surface area contributed by atoms with E-state index in [9.17, 15) is 18.8 Å². The summed E-state index contributed by atoms with van der Waals surface area (Å²) in [5.41, 5.74) is 10.3. The number of benzene rings is 4. The third-order valence-corrected chi connectivity index (χ3v) is 8.60. The van der Waals surface area contributed by atoms with Gasteiger partial charge in [-0.25, -0.2) is 4.39 Å². The summed E-state index contributed by atoms with van der Waals surface area (Å²) in [4.78, 5) is 42.8. The molecular weight excluding hydrogens is 555 g/mol. The molecule has 0 fully saturated rings. The maximum Gasteiger partial charge on any atom is 0.269 e. The largest absolute Gasteiger partial charge is 0.343 e. The van der Waals surface area contributed by atoms with E-state index in [2.05, 4.69) is 27.6 Å². The second-order valence-corrected chi connectivity index (χ2v) is 11.2. The van der Waals surface area contributed by atoms with Gasteiger partial charge in [-0.05, 0) is 47.4 Å². The van der Waals surface area contributed by atoms with E-state index < -0.39 is 29.7 Å². The molecule has 0 saturated heterocycles. The predicted molar refractivity (Wildman–Crippen MR) is 168 cm³/mol. The lowest BCUT2D eigenvalue weighted by Crippen LogP contribution is -2.55. The first-order valence-electron chi connectivity index (χ1n) is 14.7. The molecule has 3 amide bonds. The van der Waals surface area contributed by atoms with Crippen molar-refractivity contribution in [3.05, 3.63) is 131 Å². The summed E-state index contributed by atoms with van der Waals surface area (Å²) in [5, 5.41) is 0.982. The van der Waals surface area contributed by atoms with Crippen LogP contribution in [0.15, 0.2) is 103 Å². The smallest absolute Gasteiger partial charge is 0.269 e. The van der Waals surface area contributed by atoms with Crippen LogP contribution in [0.2, 0.25) is 0 Å². The van der Waals surface area contributed by atoms with Crippen LogP contribution in [0.5, 0.6) is 0 Å². The highest BCUT2D eigenvalue weighted by atomic mass is 19.1. The molecule has 3 atom stereocenters. The number of hydrogen-bond acceptors (Lipinski definition) is 3. The second kappa shape index (κ2) is 11.8. The number of rotatable bonds is 7. The lowest BCUT2D eigenvalue weighted by Gasteiger charge is -2.36. The Morgan fingerprint density at radius 3 is 2.34 bits per heavy atom. The van der Waals surface area contributed by atoms with Crippen molar-refractivity contribution in [3.8, 4) is 11.3 Å². The van der Waals surface area contributed by atoms with Crippen LogP contribution in [-0.4, -0.2) is 33.2 Å². The van der Waals surface area contributed by atoms with Gasteiger partial charge in [0.15, 0.2) is 0 Å². The van der Waals surface area contributed by atoms with Crippen molar-refractivity contribution in [2.45, 2.75) is 32.4 Å². The van der Waals surface area contributed by atoms with E-state index in [1.165, 1.54) is 18.2 Å². The van der Waals surface area contributed by atoms with Crippen molar-refractivity contribution in [1.82, 2.24) is 20.3 Å². The topological polar surface area (TPSA) is 83.4 Å². The molecule has 4 aromatic carbocycles. The van der Waals surface area contributed by atoms with Crippen LogP contribution in [0, 0.1) is 11.7 Å². The standard InChI is InChI=1S/C36H33FN4O3/c1-4-22(2)31(35(43)39-38-34(42)24-15-12-16-25(37)21-24)41-33(26-17-8-9-18-27(26)36(41)44)30-28-19-10-11-20-29(28)40(3)32(30)23-13-6-5-7-14-23/h5-22,31,33H,4H2,1-3H3,(H,38,42)(H,39,43). The maximum absolute atomic E-state index is 14.3. The second-order valence-electron chi connectivity index (χ2n) is 11.2. The number of aromatic nitrogens is 1. The van der Waals surface area contributed by atoms with Gasteiger partial charge in [0.1, 0.15) is 11.9 Å². The molecule has 3 unspecified atom stereocenters. The molecule has 1 aliphatic heterocycles. The third kappa shape index (κ3) is 4.92. The Morgan fingerprint density at radius 1 is 0.886 bits per heavy atom. The number of hydrogen-bond donors (Lipinski definition) is 2. The van der Waals surface area contributed by atoms with Crippen molar-refractivity contribution >= 4 is 28.6 Å². The summed E-state index contributed by atoms with van der Waals surface area (Å²) >= 11 is 0. The molecule has 0 bridgehead atoms. The zero-order valence-electron chi connectivity index (χ0n) is 24.8. The first-order chi connectivity index (χ1) is 21.3. The summed E-state index contributed by atoms with van der Waals surface area (Å²) in [6.07, 6.45) is 0.601. The molecular formula is C36H33FN4O3. The number of nitrogens with one attached hydrogen (secondary N) is 2. The van der Waals surface area contributed by atoms with Gasteiger partial charge in [0.25, 0.3) is 17.7 Å². The fraction of sp³-hybridized carbons (Fsp3) is 0.194. The van der Waals surface area contributed by atoms with Crippen molar-refractivity contribution in [2.24, 2.45) is 13.0 Å². The summed E-state index contributed by atoms with van der Waals surface area (Å²) < 4.78 is 15.9. The number of aryl methyl sites for hydroxylation is 1. The normalized spacial score (nSPS) is 15.6. The minimum absolute atomic E-state index is 0.0659. The number of fused-ring (bicyclic) bond motifs is 2. The molecule has 6 rings (SSSR count). The zero-order chi connectivity index (χ0) is 31.0. The molecule has 0 radical (unpaired) electrons. The number of carbonyl (C=O) groups is 3. The molecule has 0 spiro atoms. The Bertz CT molecular complexity index is 1880. The number of para-hydroxylation sites is 1. The molecule has 7 nitrogen and oxygen atoms in total. The summed E-state index contributed by atoms with van der Waals surface area (Å²) in [6, 6.07) is 29.3. The first kappa shape index (κ1) is 28.9. The molecule has 1 aliphatic rings. The van der Waals surface area contributed by atoms with Gasteiger partial charge in [0, 0.05) is 34.6 Å². The average Bonchev–Trinajstić information content (AvgIpc) is 3.50. The van der Waals surface area contributed by atoms with E-state index in [-0.39, 0.29) is 17.4 Å². The highest BCUT2D eigenvalue weighted by Crippen LogP contribution is 2.48. The van der Waals surface area contributed by atoms with E-state index in [0.717, 1.165) is 39.4 Å². The van der Waals surface area contributed by atoms with Crippen LogP contribution in [0.3, 0.4) is 0 Å². The molecule has 0 saturated carbocycles. The number of amides is 3. The Hall–Kier alpha value is -5.24. The van der Waals surface area contributed by atoms with Gasteiger partial charge in [-0.1, -0.05) is 93.1 Å². The minimum Gasteiger partial charge on any atom is -0.343 e. The highest BCUT2D eigenvalue weighted by Gasteiger charge is 2.47. The summed E-state index contributed by atoms with van der Waals surface area (Å²) in [7, 11) is 2.02. The zero-order valence-corrected chi connectivity index (χ0v) is 24.8. The van der Waals surface area contributed by atoms with Crippen molar-refractivity contribution in [1.29, 1.82) is 0 Å². The molecule has 5 aromatic rings. The Morgan fingerprint density at radius 2 is 1.59 bits per heavy atom. The lowest BCUT2D eigenvalue weighted by atomic mass is 9.90. The Labute approximate surface area is 255 Å². The average molecular weight is 589 g/mol. The van der Waals surface area contributed by atoms with Crippen LogP contribution in [-0.2, 0) is 11.8 Å². The van der Waals surface area contributed by atoms with Crippen molar-refractivity contribution < 1.29 is 18.8 Å². The third-order valence-electron chi connectivity index (χ3n) is 8.60. The van der Waals surface area contributed by atoms with E-state index in [0.29, 0.717) is 12.0 Å². The number of hydrazine groups is 1. The van der Waals surface area contributed by atoms with Crippen LogP contribution in [0.25, 0.3) is 22.2 Å². The quantitative estimate of drug-likeness (QED) is 0.216. The van der Waals surface area contributed by atoms with Crippen molar-refractivity contribution in [2.75, 3.05) is 0 Å². The van der Waals surface area contributed by atoms with Crippen molar-refractivity contribution in [3.63, 3.8) is 0 Å². The first-order valence-corrected chi connectivity index (χ1v) is 14.7. The predicted octanol–water partition coefficient (Wildman–Crippen LogP) is 6.41. The summed E-state index contributed by atoms with van der Waals surface area (Å²) in [6.45, 7) is 3.89. The van der Waals surface area contributed by atoms with E-state index >= 15 is 0 Å². The van der Waals surface area contributed by atoms with Gasteiger partial charge in [-0.2, -0.15) is 0 Å². The molecule has 44 heavy (non-hydrogen) atoms. The maximum atomic E-state index is 14.3. The van der Waals surface area contributed by atoms with Crippen LogP contribution in [0.1, 0.15) is 58.2 Å². The van der Waals surface area contributed by atoms with Gasteiger partial charge >= 0.3 is 0 Å². The Balaban J connectivity index is 1.49. The van der Waals surface area contributed by atoms with E-state index in [4.69, 9.17) is 0 Å².